The maximum atomic E-state index is 11.5. The quantitative estimate of drug-likeness (QED) is 0.118. The van der Waals surface area contributed by atoms with E-state index in [2.05, 4.69) is 24.5 Å². The van der Waals surface area contributed by atoms with Crippen LogP contribution in [0.3, 0.4) is 0 Å². The Morgan fingerprint density at radius 3 is 1.24 bits per heavy atom. The molecule has 2 amide bonds. The molecular weight excluding hydrogens is 631 g/mol. The van der Waals surface area contributed by atoms with Crippen LogP contribution in [0.15, 0.2) is 36.4 Å². The molecule has 0 saturated carbocycles. The minimum absolute atomic E-state index is 0. The normalized spacial score (nSPS) is 10.0. The predicted octanol–water partition coefficient (Wildman–Crippen LogP) is 5.33. The molecule has 13 heteroatoms. The minimum Gasteiger partial charge on any atom is -0.545 e. The van der Waals surface area contributed by atoms with Gasteiger partial charge < -0.3 is 39.5 Å². The van der Waals surface area contributed by atoms with Gasteiger partial charge in [-0.1, -0.05) is 78.1 Å². The maximum absolute atomic E-state index is 11.5. The zero-order chi connectivity index (χ0) is 32.7. The van der Waals surface area contributed by atoms with Crippen molar-refractivity contribution in [3.8, 4) is 11.5 Å². The number of carboxylic acid groups (broad SMARTS) is 2. The van der Waals surface area contributed by atoms with Crippen LogP contribution in [-0.2, 0) is 26.0 Å². The molecular formula is C32H44N2NiO10. The number of amides is 2. The number of phenols is 2. The van der Waals surface area contributed by atoms with E-state index in [0.29, 0.717) is 13.2 Å². The fourth-order valence-electron chi connectivity index (χ4n) is 3.97. The first-order valence-electron chi connectivity index (χ1n) is 15.0. The van der Waals surface area contributed by atoms with E-state index in [-0.39, 0.29) is 39.0 Å². The average molecular weight is 675 g/mol. The van der Waals surface area contributed by atoms with E-state index in [1.54, 1.807) is 0 Å². The number of rotatable bonds is 18. The summed E-state index contributed by atoms with van der Waals surface area (Å²) < 4.78 is 10.0. The van der Waals surface area contributed by atoms with Crippen molar-refractivity contribution in [3.63, 3.8) is 0 Å². The van der Waals surface area contributed by atoms with E-state index < -0.39 is 35.6 Å². The molecule has 4 N–H and O–H groups in total. The molecule has 0 spiro atoms. The van der Waals surface area contributed by atoms with Gasteiger partial charge in [0.15, 0.2) is 0 Å². The fourth-order valence-corrected chi connectivity index (χ4v) is 3.97. The zero-order valence-electron chi connectivity index (χ0n) is 25.8. The van der Waals surface area contributed by atoms with Crippen molar-refractivity contribution in [2.24, 2.45) is 0 Å². The Balaban J connectivity index is 0.000000842. The molecule has 0 bridgehead atoms. The van der Waals surface area contributed by atoms with Crippen molar-refractivity contribution < 1.29 is 65.6 Å². The van der Waals surface area contributed by atoms with Crippen LogP contribution in [-0.4, -0.2) is 47.6 Å². The van der Waals surface area contributed by atoms with Gasteiger partial charge in [0.25, 0.3) is 0 Å². The summed E-state index contributed by atoms with van der Waals surface area (Å²) in [7, 11) is 0. The third-order valence-electron chi connectivity index (χ3n) is 6.39. The van der Waals surface area contributed by atoms with Crippen molar-refractivity contribution in [3.05, 3.63) is 47.5 Å². The summed E-state index contributed by atoms with van der Waals surface area (Å²) in [5.41, 5.74) is -0.136. The van der Waals surface area contributed by atoms with Gasteiger partial charge in [-0.25, -0.2) is 9.59 Å². The second kappa shape index (κ2) is 24.3. The number of carbonyl (C=O) groups excluding carboxylic acids is 4. The number of aromatic carboxylic acids is 2. The SMILES string of the molecule is CCCCCCCCOC(=O)Nc1ccc(C(=O)[O-])c(O)c1.CCCCCCCCOC(=O)Nc1ccc(C(=O)[O-])c(O)c1.[Ni+2]. The Kier molecular flexibility index (Phi) is 22.2. The van der Waals surface area contributed by atoms with Crippen LogP contribution in [0.1, 0.15) is 112 Å². The summed E-state index contributed by atoms with van der Waals surface area (Å²) in [5.74, 6) is -3.88. The van der Waals surface area contributed by atoms with E-state index in [0.717, 1.165) is 62.8 Å². The van der Waals surface area contributed by atoms with Crippen LogP contribution < -0.4 is 20.8 Å². The summed E-state index contributed by atoms with van der Waals surface area (Å²) in [4.78, 5) is 44.3. The van der Waals surface area contributed by atoms with Crippen molar-refractivity contribution in [2.45, 2.75) is 90.9 Å². The Morgan fingerprint density at radius 2 is 0.933 bits per heavy atom. The third-order valence-corrected chi connectivity index (χ3v) is 6.39. The summed E-state index contributed by atoms with van der Waals surface area (Å²) in [6, 6.07) is 7.31. The number of hydrogen-bond donors (Lipinski definition) is 4. The smallest absolute Gasteiger partial charge is 0.545 e. The molecule has 45 heavy (non-hydrogen) atoms. The molecule has 2 rings (SSSR count). The molecule has 12 nitrogen and oxygen atoms in total. The number of aromatic hydroxyl groups is 2. The number of anilines is 2. The molecule has 2 aromatic rings. The molecule has 0 aromatic heterocycles. The molecule has 0 saturated heterocycles. The number of ether oxygens (including phenoxy) is 2. The van der Waals surface area contributed by atoms with Crippen molar-refractivity contribution in [1.82, 2.24) is 0 Å². The number of carboxylic acids is 2. The van der Waals surface area contributed by atoms with Crippen LogP contribution >= 0.6 is 0 Å². The van der Waals surface area contributed by atoms with E-state index in [1.807, 2.05) is 0 Å². The van der Waals surface area contributed by atoms with Crippen LogP contribution in [0.4, 0.5) is 21.0 Å². The Hall–Kier alpha value is -3.99. The number of hydrogen-bond acceptors (Lipinski definition) is 10. The van der Waals surface area contributed by atoms with Gasteiger partial charge in [-0.15, -0.1) is 0 Å². The molecule has 0 aliphatic heterocycles. The Bertz CT molecular complexity index is 1100. The molecule has 0 fully saturated rings. The van der Waals surface area contributed by atoms with Crippen LogP contribution in [0.2, 0.25) is 0 Å². The molecule has 0 radical (unpaired) electrons. The topological polar surface area (TPSA) is 197 Å². The number of nitrogens with one attached hydrogen (secondary N) is 2. The number of carbonyl (C=O) groups is 4. The van der Waals surface area contributed by atoms with Gasteiger partial charge in [0, 0.05) is 34.6 Å². The first kappa shape index (κ1) is 41.0. The Labute approximate surface area is 274 Å². The van der Waals surface area contributed by atoms with Crippen molar-refractivity contribution in [1.29, 1.82) is 0 Å². The molecule has 0 aliphatic rings. The summed E-state index contributed by atoms with van der Waals surface area (Å²) >= 11 is 0. The molecule has 0 aliphatic carbocycles. The van der Waals surface area contributed by atoms with Crippen molar-refractivity contribution >= 4 is 35.5 Å². The monoisotopic (exact) mass is 674 g/mol. The molecule has 0 heterocycles. The standard InChI is InChI=1S/2C16H23NO5.Ni/c2*1-2-3-4-5-6-7-10-22-16(21)17-12-8-9-13(15(19)20)14(18)11-12;/h2*8-9,11,18H,2-7,10H2,1H3,(H,17,21)(H,19,20);/q;;+2/p-2. The summed E-state index contributed by atoms with van der Waals surface area (Å²) in [6.07, 6.45) is 11.9. The average Bonchev–Trinajstić information content (AvgIpc) is 2.96. The van der Waals surface area contributed by atoms with Crippen LogP contribution in [0, 0.1) is 0 Å². The van der Waals surface area contributed by atoms with Gasteiger partial charge in [0.2, 0.25) is 0 Å². The van der Waals surface area contributed by atoms with E-state index >= 15 is 0 Å². The molecule has 0 atom stereocenters. The van der Waals surface area contributed by atoms with E-state index in [1.165, 1.54) is 50.7 Å². The van der Waals surface area contributed by atoms with Gasteiger partial charge in [0.05, 0.1) is 25.2 Å². The van der Waals surface area contributed by atoms with Gasteiger partial charge in [-0.3, -0.25) is 10.6 Å². The summed E-state index contributed by atoms with van der Waals surface area (Å²) in [5, 5.41) is 45.1. The zero-order valence-corrected chi connectivity index (χ0v) is 26.8. The first-order valence-corrected chi connectivity index (χ1v) is 15.0. The molecule has 2 aromatic carbocycles. The van der Waals surface area contributed by atoms with Gasteiger partial charge in [-0.05, 0) is 37.1 Å². The first-order chi connectivity index (χ1) is 21.1. The van der Waals surface area contributed by atoms with Crippen LogP contribution in [0.25, 0.3) is 0 Å². The maximum Gasteiger partial charge on any atom is 2.00 e. The van der Waals surface area contributed by atoms with Gasteiger partial charge >= 0.3 is 28.7 Å². The third kappa shape index (κ3) is 18.4. The predicted molar refractivity (Wildman–Crippen MR) is 162 cm³/mol. The van der Waals surface area contributed by atoms with Gasteiger partial charge in [0.1, 0.15) is 11.5 Å². The van der Waals surface area contributed by atoms with E-state index in [4.69, 9.17) is 9.47 Å². The van der Waals surface area contributed by atoms with Crippen molar-refractivity contribution in [2.75, 3.05) is 23.8 Å². The second-order valence-electron chi connectivity index (χ2n) is 10.1. The second-order valence-corrected chi connectivity index (χ2v) is 10.1. The Morgan fingerprint density at radius 1 is 0.600 bits per heavy atom. The fraction of sp³-hybridized carbons (Fsp3) is 0.500. The number of unbranched alkanes of at least 4 members (excludes halogenated alkanes) is 10. The molecule has 252 valence electrons. The largest absolute Gasteiger partial charge is 2.00 e. The minimum atomic E-state index is -1.48. The van der Waals surface area contributed by atoms with Crippen LogP contribution in [0.5, 0.6) is 11.5 Å². The molecule has 0 unspecified atom stereocenters. The van der Waals surface area contributed by atoms with Gasteiger partial charge in [-0.2, -0.15) is 0 Å². The number of benzene rings is 2. The summed E-state index contributed by atoms with van der Waals surface area (Å²) in [6.45, 7) is 4.98. The van der Waals surface area contributed by atoms with E-state index in [9.17, 15) is 39.6 Å².